The van der Waals surface area contributed by atoms with E-state index in [1.54, 1.807) is 6.92 Å². The predicted molar refractivity (Wildman–Crippen MR) is 52.5 cm³/mol. The van der Waals surface area contributed by atoms with Crippen molar-refractivity contribution < 1.29 is 10.2 Å². The van der Waals surface area contributed by atoms with Gasteiger partial charge in [0.15, 0.2) is 0 Å². The van der Waals surface area contributed by atoms with E-state index < -0.39 is 5.60 Å². The van der Waals surface area contributed by atoms with Crippen molar-refractivity contribution in [1.29, 1.82) is 0 Å². The summed E-state index contributed by atoms with van der Waals surface area (Å²) in [5.74, 6) is 0. The Bertz CT molecular complexity index is 242. The lowest BCUT2D eigenvalue weighted by Gasteiger charge is -2.19. The van der Waals surface area contributed by atoms with Crippen molar-refractivity contribution in [2.24, 2.45) is 0 Å². The van der Waals surface area contributed by atoms with Gasteiger partial charge in [-0.15, -0.1) is 0 Å². The second-order valence-electron chi connectivity index (χ2n) is 3.64. The highest BCUT2D eigenvalue weighted by Gasteiger charge is 2.17. The molecule has 0 aliphatic carbocycles. The molecule has 1 rings (SSSR count). The second kappa shape index (κ2) is 4.40. The fourth-order valence-corrected chi connectivity index (χ4v) is 1.14. The van der Waals surface area contributed by atoms with Crippen molar-refractivity contribution >= 4 is 0 Å². The summed E-state index contributed by atoms with van der Waals surface area (Å²) in [5, 5.41) is 18.4. The molecule has 0 radical (unpaired) electrons. The van der Waals surface area contributed by atoms with Crippen LogP contribution in [-0.4, -0.2) is 22.4 Å². The zero-order valence-electron chi connectivity index (χ0n) is 7.90. The molecule has 0 unspecified atom stereocenters. The average molecular weight is 180 g/mol. The van der Waals surface area contributed by atoms with E-state index in [0.717, 1.165) is 6.42 Å². The fourth-order valence-electron chi connectivity index (χ4n) is 1.14. The van der Waals surface area contributed by atoms with Crippen molar-refractivity contribution in [2.45, 2.75) is 25.4 Å². The molecule has 0 aromatic heterocycles. The van der Waals surface area contributed by atoms with Gasteiger partial charge in [0.25, 0.3) is 0 Å². The van der Waals surface area contributed by atoms with Crippen LogP contribution in [0, 0.1) is 0 Å². The summed E-state index contributed by atoms with van der Waals surface area (Å²) in [4.78, 5) is 0. The molecule has 0 bridgehead atoms. The molecule has 0 saturated heterocycles. The van der Waals surface area contributed by atoms with Gasteiger partial charge >= 0.3 is 0 Å². The van der Waals surface area contributed by atoms with Gasteiger partial charge in [0.2, 0.25) is 0 Å². The summed E-state index contributed by atoms with van der Waals surface area (Å²) < 4.78 is 0. The number of aliphatic hydroxyl groups is 2. The molecule has 0 aliphatic rings. The normalized spacial score (nSPS) is 15.3. The van der Waals surface area contributed by atoms with Crippen LogP contribution in [0.1, 0.15) is 18.9 Å². The van der Waals surface area contributed by atoms with Crippen molar-refractivity contribution in [1.82, 2.24) is 0 Å². The summed E-state index contributed by atoms with van der Waals surface area (Å²) in [6.07, 6.45) is 1.39. The highest BCUT2D eigenvalue weighted by atomic mass is 16.3. The molecular formula is C11H16O2. The van der Waals surface area contributed by atoms with Crippen LogP contribution in [0.5, 0.6) is 0 Å². The SMILES string of the molecule is C[C@](O)(CO)CCc1ccccc1. The lowest BCUT2D eigenvalue weighted by Crippen LogP contribution is -2.29. The molecule has 1 aromatic rings. The Labute approximate surface area is 78.8 Å². The van der Waals surface area contributed by atoms with Gasteiger partial charge < -0.3 is 10.2 Å². The standard InChI is InChI=1S/C11H16O2/c1-11(13,9-12)8-7-10-5-3-2-4-6-10/h2-6,12-13H,7-9H2,1H3/t11-/m1/s1. The van der Waals surface area contributed by atoms with Crippen LogP contribution in [0.15, 0.2) is 30.3 Å². The zero-order valence-corrected chi connectivity index (χ0v) is 7.90. The lowest BCUT2D eigenvalue weighted by molar-refractivity contribution is -0.00474. The Morgan fingerprint density at radius 3 is 2.38 bits per heavy atom. The Balaban J connectivity index is 2.44. The maximum Gasteiger partial charge on any atom is 0.0852 e. The molecule has 13 heavy (non-hydrogen) atoms. The van der Waals surface area contributed by atoms with Gasteiger partial charge in [-0.3, -0.25) is 0 Å². The largest absolute Gasteiger partial charge is 0.393 e. The molecule has 2 N–H and O–H groups in total. The molecule has 2 nitrogen and oxygen atoms in total. The number of benzene rings is 1. The third kappa shape index (κ3) is 3.57. The minimum absolute atomic E-state index is 0.181. The van der Waals surface area contributed by atoms with Crippen molar-refractivity contribution in [2.75, 3.05) is 6.61 Å². The Kier molecular flexibility index (Phi) is 3.46. The Morgan fingerprint density at radius 1 is 1.23 bits per heavy atom. The van der Waals surface area contributed by atoms with E-state index >= 15 is 0 Å². The molecule has 0 saturated carbocycles. The maximum absolute atomic E-state index is 9.53. The van der Waals surface area contributed by atoms with E-state index in [4.69, 9.17) is 5.11 Å². The van der Waals surface area contributed by atoms with Crippen LogP contribution in [0.3, 0.4) is 0 Å². The molecule has 72 valence electrons. The van der Waals surface area contributed by atoms with Gasteiger partial charge in [0, 0.05) is 0 Å². The summed E-state index contributed by atoms with van der Waals surface area (Å²) in [5.41, 5.74) is 0.242. The Hall–Kier alpha value is -0.860. The third-order valence-electron chi connectivity index (χ3n) is 2.14. The summed E-state index contributed by atoms with van der Waals surface area (Å²) >= 11 is 0. The topological polar surface area (TPSA) is 40.5 Å². The minimum atomic E-state index is -0.949. The van der Waals surface area contributed by atoms with E-state index in [9.17, 15) is 5.11 Å². The molecule has 0 amide bonds. The zero-order chi connectivity index (χ0) is 9.73. The van der Waals surface area contributed by atoms with Crippen molar-refractivity contribution in [3.8, 4) is 0 Å². The van der Waals surface area contributed by atoms with E-state index in [1.165, 1.54) is 5.56 Å². The first-order valence-electron chi connectivity index (χ1n) is 4.51. The third-order valence-corrected chi connectivity index (χ3v) is 2.14. The average Bonchev–Trinajstić information content (AvgIpc) is 2.17. The molecule has 2 heteroatoms. The smallest absolute Gasteiger partial charge is 0.0852 e. The van der Waals surface area contributed by atoms with Crippen LogP contribution in [-0.2, 0) is 6.42 Å². The summed E-state index contributed by atoms with van der Waals surface area (Å²) in [6.45, 7) is 1.47. The second-order valence-corrected chi connectivity index (χ2v) is 3.64. The first kappa shape index (κ1) is 10.2. The van der Waals surface area contributed by atoms with Gasteiger partial charge in [-0.25, -0.2) is 0 Å². The molecule has 0 spiro atoms. The number of aliphatic hydroxyl groups excluding tert-OH is 1. The van der Waals surface area contributed by atoms with E-state index in [-0.39, 0.29) is 6.61 Å². The van der Waals surface area contributed by atoms with Crippen LogP contribution in [0.25, 0.3) is 0 Å². The summed E-state index contributed by atoms with van der Waals surface area (Å²) in [7, 11) is 0. The lowest BCUT2D eigenvalue weighted by atomic mass is 9.98. The number of hydrogen-bond acceptors (Lipinski definition) is 2. The fraction of sp³-hybridized carbons (Fsp3) is 0.455. The van der Waals surface area contributed by atoms with Gasteiger partial charge in [0.1, 0.15) is 0 Å². The Morgan fingerprint density at radius 2 is 1.85 bits per heavy atom. The van der Waals surface area contributed by atoms with Crippen LogP contribution >= 0.6 is 0 Å². The van der Waals surface area contributed by atoms with Gasteiger partial charge in [0.05, 0.1) is 12.2 Å². The van der Waals surface area contributed by atoms with Crippen LogP contribution < -0.4 is 0 Å². The maximum atomic E-state index is 9.53. The molecule has 1 aromatic carbocycles. The number of hydrogen-bond donors (Lipinski definition) is 2. The molecule has 1 atom stereocenters. The van der Waals surface area contributed by atoms with E-state index in [0.29, 0.717) is 6.42 Å². The van der Waals surface area contributed by atoms with Gasteiger partial charge in [-0.1, -0.05) is 30.3 Å². The number of aryl methyl sites for hydroxylation is 1. The molecule has 0 aliphatic heterocycles. The molecule has 0 fully saturated rings. The van der Waals surface area contributed by atoms with E-state index in [1.807, 2.05) is 30.3 Å². The van der Waals surface area contributed by atoms with Gasteiger partial charge in [-0.2, -0.15) is 0 Å². The van der Waals surface area contributed by atoms with Crippen molar-refractivity contribution in [3.63, 3.8) is 0 Å². The van der Waals surface area contributed by atoms with Crippen molar-refractivity contribution in [3.05, 3.63) is 35.9 Å². The first-order chi connectivity index (χ1) is 6.14. The highest BCUT2D eigenvalue weighted by Crippen LogP contribution is 2.12. The van der Waals surface area contributed by atoms with E-state index in [2.05, 4.69) is 0 Å². The highest BCUT2D eigenvalue weighted by molar-refractivity contribution is 5.14. The van der Waals surface area contributed by atoms with Crippen LogP contribution in [0.2, 0.25) is 0 Å². The number of rotatable bonds is 4. The van der Waals surface area contributed by atoms with Gasteiger partial charge in [-0.05, 0) is 25.3 Å². The first-order valence-corrected chi connectivity index (χ1v) is 4.51. The monoisotopic (exact) mass is 180 g/mol. The quantitative estimate of drug-likeness (QED) is 0.734. The summed E-state index contributed by atoms with van der Waals surface area (Å²) in [6, 6.07) is 9.96. The molecule has 0 heterocycles. The predicted octanol–water partition coefficient (Wildman–Crippen LogP) is 1.36. The molecular weight excluding hydrogens is 164 g/mol. The van der Waals surface area contributed by atoms with Crippen LogP contribution in [0.4, 0.5) is 0 Å². The minimum Gasteiger partial charge on any atom is -0.393 e.